The highest BCUT2D eigenvalue weighted by Crippen LogP contribution is 2.21. The third kappa shape index (κ3) is 3.67. The normalized spacial score (nSPS) is 11.4. The molecule has 0 fully saturated rings. The van der Waals surface area contributed by atoms with Gasteiger partial charge in [-0.1, -0.05) is 29.8 Å². The number of hydrogen-bond donors (Lipinski definition) is 0. The minimum Gasteiger partial charge on any atom is -0.268 e. The second kappa shape index (κ2) is 6.78. The number of nitriles is 1. The topological polar surface area (TPSA) is 54.5 Å². The molecule has 0 bridgehead atoms. The molecule has 1 aromatic carbocycles. The third-order valence-electron chi connectivity index (χ3n) is 3.22. The molecule has 0 aliphatic rings. The number of aromatic nitrogens is 3. The van der Waals surface area contributed by atoms with Crippen molar-refractivity contribution in [1.82, 2.24) is 14.8 Å². The van der Waals surface area contributed by atoms with Crippen LogP contribution in [0.3, 0.4) is 0 Å². The summed E-state index contributed by atoms with van der Waals surface area (Å²) in [6.07, 6.45) is 5.42. The lowest BCUT2D eigenvalue weighted by molar-refractivity contribution is 0.687. The third-order valence-corrected chi connectivity index (χ3v) is 4.59. The van der Waals surface area contributed by atoms with Crippen LogP contribution < -0.4 is 0 Å². The van der Waals surface area contributed by atoms with Gasteiger partial charge in [-0.3, -0.25) is 4.68 Å². The lowest BCUT2D eigenvalue weighted by Gasteiger charge is -2.03. The van der Waals surface area contributed by atoms with Gasteiger partial charge in [-0.2, -0.15) is 10.4 Å². The average Bonchev–Trinajstić information content (AvgIpc) is 3.16. The zero-order valence-corrected chi connectivity index (χ0v) is 14.0. The van der Waals surface area contributed by atoms with Gasteiger partial charge in [0.1, 0.15) is 11.1 Å². The Balaban J connectivity index is 1.83. The second-order valence-corrected chi connectivity index (χ2v) is 6.29. The van der Waals surface area contributed by atoms with E-state index in [0.29, 0.717) is 12.1 Å². The Labute approximate surface area is 143 Å². The van der Waals surface area contributed by atoms with Gasteiger partial charge in [0.25, 0.3) is 0 Å². The monoisotopic (exact) mass is 340 g/mol. The van der Waals surface area contributed by atoms with E-state index < -0.39 is 0 Å². The Morgan fingerprint density at radius 3 is 2.96 bits per heavy atom. The molecule has 0 aliphatic carbocycles. The van der Waals surface area contributed by atoms with E-state index in [1.807, 2.05) is 42.8 Å². The van der Waals surface area contributed by atoms with Crippen LogP contribution in [0, 0.1) is 18.3 Å². The molecule has 0 spiro atoms. The maximum absolute atomic E-state index is 9.33. The first-order valence-corrected chi connectivity index (χ1v) is 8.21. The van der Waals surface area contributed by atoms with Crippen LogP contribution in [-0.4, -0.2) is 14.8 Å². The van der Waals surface area contributed by atoms with Crippen molar-refractivity contribution in [3.8, 4) is 6.07 Å². The Bertz CT molecular complexity index is 901. The number of hydrogen-bond acceptors (Lipinski definition) is 4. The largest absolute Gasteiger partial charge is 0.268 e. The highest BCUT2D eigenvalue weighted by atomic mass is 35.5. The zero-order chi connectivity index (χ0) is 16.2. The number of nitrogens with zero attached hydrogens (tertiary/aromatic N) is 4. The summed E-state index contributed by atoms with van der Waals surface area (Å²) in [7, 11) is 0. The number of thiazole rings is 1. The molecule has 2 aromatic heterocycles. The standard InChI is InChI=1S/C17H13ClN4S/c1-12-11-23-17(21-12)15(7-19)6-13-8-20-22(9-13)10-14-4-2-3-5-16(14)18/h2-6,8-9,11H,10H2,1H3/b15-6+. The van der Waals surface area contributed by atoms with Crippen molar-refractivity contribution in [3.63, 3.8) is 0 Å². The lowest BCUT2D eigenvalue weighted by Crippen LogP contribution is -2.00. The average molecular weight is 341 g/mol. The molecule has 0 N–H and O–H groups in total. The van der Waals surface area contributed by atoms with Gasteiger partial charge < -0.3 is 0 Å². The first kappa shape index (κ1) is 15.5. The van der Waals surface area contributed by atoms with Crippen LogP contribution in [0.5, 0.6) is 0 Å². The number of aryl methyl sites for hydroxylation is 1. The van der Waals surface area contributed by atoms with Gasteiger partial charge >= 0.3 is 0 Å². The van der Waals surface area contributed by atoms with Crippen LogP contribution in [0.25, 0.3) is 11.6 Å². The SMILES string of the molecule is Cc1csc(/C(C#N)=C/c2cnn(Cc3ccccc3Cl)c2)n1. The maximum Gasteiger partial charge on any atom is 0.134 e. The van der Waals surface area contributed by atoms with Gasteiger partial charge in [0, 0.05) is 27.9 Å². The first-order chi connectivity index (χ1) is 11.2. The van der Waals surface area contributed by atoms with Crippen LogP contribution in [0.15, 0.2) is 42.0 Å². The fourth-order valence-corrected chi connectivity index (χ4v) is 3.09. The molecular formula is C17H13ClN4S. The Morgan fingerprint density at radius 2 is 2.26 bits per heavy atom. The number of rotatable bonds is 4. The fraction of sp³-hybridized carbons (Fsp3) is 0.118. The summed E-state index contributed by atoms with van der Waals surface area (Å²) < 4.78 is 1.80. The molecule has 0 atom stereocenters. The van der Waals surface area contributed by atoms with E-state index in [1.54, 1.807) is 17.0 Å². The minimum atomic E-state index is 0.542. The smallest absolute Gasteiger partial charge is 0.134 e. The molecule has 3 rings (SSSR count). The van der Waals surface area contributed by atoms with E-state index in [1.165, 1.54) is 11.3 Å². The fourth-order valence-electron chi connectivity index (χ4n) is 2.13. The van der Waals surface area contributed by atoms with E-state index in [0.717, 1.165) is 26.9 Å². The van der Waals surface area contributed by atoms with Crippen molar-refractivity contribution in [2.24, 2.45) is 0 Å². The van der Waals surface area contributed by atoms with Crippen molar-refractivity contribution in [2.75, 3.05) is 0 Å². The quantitative estimate of drug-likeness (QED) is 0.661. The molecular weight excluding hydrogens is 328 g/mol. The van der Waals surface area contributed by atoms with Gasteiger partial charge in [-0.15, -0.1) is 11.3 Å². The van der Waals surface area contributed by atoms with Gasteiger partial charge in [0.05, 0.1) is 18.3 Å². The number of allylic oxidation sites excluding steroid dienone is 1. The van der Waals surface area contributed by atoms with Crippen molar-refractivity contribution in [1.29, 1.82) is 5.26 Å². The van der Waals surface area contributed by atoms with E-state index in [2.05, 4.69) is 16.2 Å². The number of benzene rings is 1. The van der Waals surface area contributed by atoms with E-state index in [-0.39, 0.29) is 0 Å². The Kier molecular flexibility index (Phi) is 4.56. The molecule has 114 valence electrons. The summed E-state index contributed by atoms with van der Waals surface area (Å²) in [4.78, 5) is 4.35. The molecule has 3 aromatic rings. The lowest BCUT2D eigenvalue weighted by atomic mass is 10.2. The van der Waals surface area contributed by atoms with Crippen LogP contribution in [-0.2, 0) is 6.54 Å². The van der Waals surface area contributed by atoms with Crippen LogP contribution in [0.4, 0.5) is 0 Å². The van der Waals surface area contributed by atoms with Crippen molar-refractivity contribution in [2.45, 2.75) is 13.5 Å². The maximum atomic E-state index is 9.33. The van der Waals surface area contributed by atoms with Gasteiger partial charge in [0.2, 0.25) is 0 Å². The molecule has 23 heavy (non-hydrogen) atoms. The molecule has 2 heterocycles. The molecule has 0 amide bonds. The highest BCUT2D eigenvalue weighted by molar-refractivity contribution is 7.11. The van der Waals surface area contributed by atoms with E-state index >= 15 is 0 Å². The molecule has 0 saturated carbocycles. The van der Waals surface area contributed by atoms with Crippen LogP contribution in [0.2, 0.25) is 5.02 Å². The second-order valence-electron chi connectivity index (χ2n) is 5.03. The van der Waals surface area contributed by atoms with Crippen molar-refractivity contribution < 1.29 is 0 Å². The highest BCUT2D eigenvalue weighted by Gasteiger charge is 2.07. The summed E-state index contributed by atoms with van der Waals surface area (Å²) in [5.74, 6) is 0. The molecule has 0 aliphatic heterocycles. The minimum absolute atomic E-state index is 0.542. The predicted molar refractivity (Wildman–Crippen MR) is 93.1 cm³/mol. The molecule has 4 nitrogen and oxygen atoms in total. The van der Waals surface area contributed by atoms with E-state index in [4.69, 9.17) is 11.6 Å². The van der Waals surface area contributed by atoms with Crippen LogP contribution >= 0.6 is 22.9 Å². The van der Waals surface area contributed by atoms with Crippen LogP contribution in [0.1, 0.15) is 21.8 Å². The summed E-state index contributed by atoms with van der Waals surface area (Å²) in [6, 6.07) is 9.88. The zero-order valence-electron chi connectivity index (χ0n) is 12.4. The summed E-state index contributed by atoms with van der Waals surface area (Å²) in [5, 5.41) is 17.0. The molecule has 0 saturated heterocycles. The van der Waals surface area contributed by atoms with Gasteiger partial charge in [-0.05, 0) is 24.6 Å². The summed E-state index contributed by atoms with van der Waals surface area (Å²) >= 11 is 7.63. The molecule has 6 heteroatoms. The van der Waals surface area contributed by atoms with Crippen molar-refractivity contribution >= 4 is 34.6 Å². The Hall–Kier alpha value is -2.42. The van der Waals surface area contributed by atoms with Gasteiger partial charge in [0.15, 0.2) is 0 Å². The van der Waals surface area contributed by atoms with Crippen molar-refractivity contribution in [3.05, 3.63) is 68.9 Å². The number of halogens is 1. The van der Waals surface area contributed by atoms with Gasteiger partial charge in [-0.25, -0.2) is 4.98 Å². The first-order valence-electron chi connectivity index (χ1n) is 6.96. The predicted octanol–water partition coefficient (Wildman–Crippen LogP) is 4.41. The molecule has 0 unspecified atom stereocenters. The summed E-state index contributed by atoms with van der Waals surface area (Å²) in [6.45, 7) is 2.50. The summed E-state index contributed by atoms with van der Waals surface area (Å²) in [5.41, 5.74) is 3.33. The Morgan fingerprint density at radius 1 is 1.43 bits per heavy atom. The van der Waals surface area contributed by atoms with E-state index in [9.17, 15) is 5.26 Å². The molecule has 0 radical (unpaired) electrons.